The Morgan fingerprint density at radius 3 is 2.53 bits per heavy atom. The second-order valence-electron chi connectivity index (χ2n) is 5.63. The van der Waals surface area contributed by atoms with Gasteiger partial charge in [-0.2, -0.15) is 0 Å². The molecule has 0 aliphatic heterocycles. The predicted octanol–water partition coefficient (Wildman–Crippen LogP) is 3.91. The van der Waals surface area contributed by atoms with Crippen LogP contribution in [0.25, 0.3) is 0 Å². The van der Waals surface area contributed by atoms with Gasteiger partial charge in [-0.05, 0) is 54.8 Å². The van der Waals surface area contributed by atoms with Crippen LogP contribution in [0.1, 0.15) is 56.6 Å². The van der Waals surface area contributed by atoms with Crippen LogP contribution >= 0.6 is 0 Å². The Labute approximate surface area is 106 Å². The summed E-state index contributed by atoms with van der Waals surface area (Å²) >= 11 is 0. The quantitative estimate of drug-likeness (QED) is 0.732. The van der Waals surface area contributed by atoms with Crippen molar-refractivity contribution in [3.8, 4) is 0 Å². The molecule has 0 saturated heterocycles. The molecule has 1 nitrogen and oxygen atoms in total. The van der Waals surface area contributed by atoms with Gasteiger partial charge in [0, 0.05) is 0 Å². The summed E-state index contributed by atoms with van der Waals surface area (Å²) < 4.78 is 0. The molecule has 1 aliphatic rings. The van der Waals surface area contributed by atoms with E-state index in [0.717, 1.165) is 18.4 Å². The van der Waals surface area contributed by atoms with Gasteiger partial charge in [-0.3, -0.25) is 0 Å². The molecule has 17 heavy (non-hydrogen) atoms. The van der Waals surface area contributed by atoms with Crippen LogP contribution in [0.3, 0.4) is 0 Å². The van der Waals surface area contributed by atoms with E-state index in [1.807, 2.05) is 0 Å². The summed E-state index contributed by atoms with van der Waals surface area (Å²) in [4.78, 5) is 0. The molecule has 0 radical (unpaired) electrons. The average Bonchev–Trinajstić information content (AvgIpc) is 3.09. The van der Waals surface area contributed by atoms with E-state index in [4.69, 9.17) is 0 Å². The van der Waals surface area contributed by atoms with Gasteiger partial charge in [0.25, 0.3) is 0 Å². The van der Waals surface area contributed by atoms with E-state index in [1.54, 1.807) is 0 Å². The summed E-state index contributed by atoms with van der Waals surface area (Å²) in [6.07, 6.45) is 2.61. The molecular weight excluding hydrogens is 206 g/mol. The Morgan fingerprint density at radius 1 is 1.24 bits per heavy atom. The topological polar surface area (TPSA) is 12.0 Å². The zero-order chi connectivity index (χ0) is 12.3. The van der Waals surface area contributed by atoms with Gasteiger partial charge in [0.15, 0.2) is 0 Å². The van der Waals surface area contributed by atoms with Crippen molar-refractivity contribution in [3.63, 3.8) is 0 Å². The van der Waals surface area contributed by atoms with Crippen molar-refractivity contribution in [2.24, 2.45) is 5.92 Å². The molecule has 1 aromatic rings. The Morgan fingerprint density at radius 2 is 1.94 bits per heavy atom. The summed E-state index contributed by atoms with van der Waals surface area (Å²) in [6, 6.07) is 9.27. The third-order valence-electron chi connectivity index (χ3n) is 3.79. The highest BCUT2D eigenvalue weighted by molar-refractivity contribution is 5.30. The van der Waals surface area contributed by atoms with Crippen LogP contribution in [0.4, 0.5) is 0 Å². The summed E-state index contributed by atoms with van der Waals surface area (Å²) in [5, 5.41) is 3.53. The first-order valence-electron chi connectivity index (χ1n) is 7.03. The molecule has 0 aromatic heterocycles. The first-order valence-corrected chi connectivity index (χ1v) is 7.03. The van der Waals surface area contributed by atoms with Gasteiger partial charge in [0.1, 0.15) is 0 Å². The Kier molecular flexibility index (Phi) is 4.22. The minimum Gasteiger partial charge on any atom is -0.316 e. The molecule has 2 atom stereocenters. The standard InChI is InChI=1S/C16H25N/c1-4-9-17-11-15-10-16(15)14-7-5-13(6-8-14)12(2)3/h5-8,12,15-17H,4,9-11H2,1-3H3. The normalized spacial score (nSPS) is 23.1. The van der Waals surface area contributed by atoms with Crippen molar-refractivity contribution in [3.05, 3.63) is 35.4 Å². The molecule has 1 aliphatic carbocycles. The molecule has 1 fully saturated rings. The van der Waals surface area contributed by atoms with Crippen LogP contribution in [-0.2, 0) is 0 Å². The van der Waals surface area contributed by atoms with E-state index in [1.165, 1.54) is 30.5 Å². The zero-order valence-corrected chi connectivity index (χ0v) is 11.4. The molecule has 0 spiro atoms. The number of hydrogen-bond donors (Lipinski definition) is 1. The first kappa shape index (κ1) is 12.6. The average molecular weight is 231 g/mol. The second kappa shape index (κ2) is 5.68. The van der Waals surface area contributed by atoms with Gasteiger partial charge in [0.2, 0.25) is 0 Å². The number of hydrogen-bond acceptors (Lipinski definition) is 1. The number of benzene rings is 1. The number of rotatable bonds is 6. The molecule has 94 valence electrons. The van der Waals surface area contributed by atoms with Crippen LogP contribution in [0.5, 0.6) is 0 Å². The SMILES string of the molecule is CCCNCC1CC1c1ccc(C(C)C)cc1. The lowest BCUT2D eigenvalue weighted by atomic mass is 10.00. The van der Waals surface area contributed by atoms with Gasteiger partial charge in [-0.25, -0.2) is 0 Å². The van der Waals surface area contributed by atoms with Crippen LogP contribution in [-0.4, -0.2) is 13.1 Å². The highest BCUT2D eigenvalue weighted by atomic mass is 14.9. The lowest BCUT2D eigenvalue weighted by Crippen LogP contribution is -2.17. The molecule has 1 heteroatoms. The highest BCUT2D eigenvalue weighted by Gasteiger charge is 2.37. The van der Waals surface area contributed by atoms with Crippen molar-refractivity contribution in [1.82, 2.24) is 5.32 Å². The minimum absolute atomic E-state index is 0.644. The molecule has 2 rings (SSSR count). The number of nitrogens with one attached hydrogen (secondary N) is 1. The van der Waals surface area contributed by atoms with Crippen LogP contribution in [0.15, 0.2) is 24.3 Å². The summed E-state index contributed by atoms with van der Waals surface area (Å²) in [7, 11) is 0. The third-order valence-corrected chi connectivity index (χ3v) is 3.79. The van der Waals surface area contributed by atoms with Crippen molar-refractivity contribution in [1.29, 1.82) is 0 Å². The maximum Gasteiger partial charge on any atom is -0.00144 e. The van der Waals surface area contributed by atoms with Crippen molar-refractivity contribution >= 4 is 0 Å². The van der Waals surface area contributed by atoms with Gasteiger partial charge in [-0.1, -0.05) is 45.0 Å². The monoisotopic (exact) mass is 231 g/mol. The lowest BCUT2D eigenvalue weighted by molar-refractivity contribution is 0.620. The maximum atomic E-state index is 3.53. The molecule has 0 bridgehead atoms. The van der Waals surface area contributed by atoms with E-state index < -0.39 is 0 Å². The molecule has 1 N–H and O–H groups in total. The molecule has 2 unspecified atom stereocenters. The summed E-state index contributed by atoms with van der Waals surface area (Å²) in [5.41, 5.74) is 2.99. The van der Waals surface area contributed by atoms with Crippen molar-refractivity contribution in [2.75, 3.05) is 13.1 Å². The van der Waals surface area contributed by atoms with Gasteiger partial charge >= 0.3 is 0 Å². The second-order valence-corrected chi connectivity index (χ2v) is 5.63. The van der Waals surface area contributed by atoms with E-state index in [-0.39, 0.29) is 0 Å². The van der Waals surface area contributed by atoms with Gasteiger partial charge in [-0.15, -0.1) is 0 Å². The predicted molar refractivity (Wildman–Crippen MR) is 74.5 cm³/mol. The fourth-order valence-corrected chi connectivity index (χ4v) is 2.47. The highest BCUT2D eigenvalue weighted by Crippen LogP contribution is 2.47. The third kappa shape index (κ3) is 3.32. The van der Waals surface area contributed by atoms with Crippen molar-refractivity contribution in [2.45, 2.75) is 45.4 Å². The van der Waals surface area contributed by atoms with E-state index in [0.29, 0.717) is 5.92 Å². The smallest absolute Gasteiger partial charge is 0.00144 e. The van der Waals surface area contributed by atoms with Crippen LogP contribution < -0.4 is 5.32 Å². The van der Waals surface area contributed by atoms with E-state index in [9.17, 15) is 0 Å². The first-order chi connectivity index (χ1) is 8.22. The molecular formula is C16H25N. The van der Waals surface area contributed by atoms with Crippen LogP contribution in [0, 0.1) is 5.92 Å². The summed E-state index contributed by atoms with van der Waals surface area (Å²) in [6.45, 7) is 9.09. The molecule has 0 heterocycles. The largest absolute Gasteiger partial charge is 0.316 e. The maximum absolute atomic E-state index is 3.53. The molecule has 1 aromatic carbocycles. The molecule has 0 amide bonds. The zero-order valence-electron chi connectivity index (χ0n) is 11.4. The van der Waals surface area contributed by atoms with E-state index in [2.05, 4.69) is 50.4 Å². The fourth-order valence-electron chi connectivity index (χ4n) is 2.47. The fraction of sp³-hybridized carbons (Fsp3) is 0.625. The molecule has 1 saturated carbocycles. The van der Waals surface area contributed by atoms with E-state index >= 15 is 0 Å². The van der Waals surface area contributed by atoms with Crippen molar-refractivity contribution < 1.29 is 0 Å². The van der Waals surface area contributed by atoms with Crippen LogP contribution in [0.2, 0.25) is 0 Å². The Hall–Kier alpha value is -0.820. The Balaban J connectivity index is 1.84. The van der Waals surface area contributed by atoms with Gasteiger partial charge in [0.05, 0.1) is 0 Å². The minimum atomic E-state index is 0.644. The summed E-state index contributed by atoms with van der Waals surface area (Å²) in [5.74, 6) is 2.34. The van der Waals surface area contributed by atoms with Gasteiger partial charge < -0.3 is 5.32 Å². The Bertz CT molecular complexity index is 339. The lowest BCUT2D eigenvalue weighted by Gasteiger charge is -2.07.